The first kappa shape index (κ1) is 13.0. The third kappa shape index (κ3) is 1.94. The van der Waals surface area contributed by atoms with Gasteiger partial charge in [0.05, 0.1) is 18.4 Å². The van der Waals surface area contributed by atoms with E-state index >= 15 is 0 Å². The summed E-state index contributed by atoms with van der Waals surface area (Å²) >= 11 is 3.31. The van der Waals surface area contributed by atoms with Gasteiger partial charge in [-0.1, -0.05) is 0 Å². The largest absolute Gasteiger partial charge is 0.469 e. The minimum Gasteiger partial charge on any atom is -0.469 e. The van der Waals surface area contributed by atoms with Gasteiger partial charge in [0.1, 0.15) is 10.9 Å². The topological polar surface area (TPSA) is 101 Å². The van der Waals surface area contributed by atoms with E-state index in [1.807, 2.05) is 0 Å². The molecule has 1 aliphatic rings. The number of aromatic amines is 1. The van der Waals surface area contributed by atoms with E-state index in [0.717, 1.165) is 0 Å². The maximum absolute atomic E-state index is 12.1. The predicted molar refractivity (Wildman–Crippen MR) is 71.9 cm³/mol. The second kappa shape index (κ2) is 4.82. The summed E-state index contributed by atoms with van der Waals surface area (Å²) in [6.07, 6.45) is 1.46. The van der Waals surface area contributed by atoms with Crippen molar-refractivity contribution in [3.05, 3.63) is 10.9 Å². The van der Waals surface area contributed by atoms with E-state index < -0.39 is 11.9 Å². The van der Waals surface area contributed by atoms with Gasteiger partial charge in [-0.25, -0.2) is 9.97 Å². The minimum absolute atomic E-state index is 0.119. The second-order valence-electron chi connectivity index (χ2n) is 4.36. The first-order valence-corrected chi connectivity index (χ1v) is 6.64. The van der Waals surface area contributed by atoms with Gasteiger partial charge in [-0.15, -0.1) is 0 Å². The van der Waals surface area contributed by atoms with Crippen LogP contribution in [0, 0.1) is 5.92 Å². The van der Waals surface area contributed by atoms with Gasteiger partial charge in [-0.05, 0) is 15.9 Å². The zero-order valence-corrected chi connectivity index (χ0v) is 12.0. The average Bonchev–Trinajstić information content (AvgIpc) is 3.02. The van der Waals surface area contributed by atoms with Gasteiger partial charge in [0, 0.05) is 13.0 Å². The molecule has 104 valence electrons. The maximum Gasteiger partial charge on any atom is 0.311 e. The Bertz CT molecular complexity index is 700. The Hall–Kier alpha value is -2.03. The number of rotatable bonds is 2. The number of fused-ring (bicyclic) bond motifs is 1. The summed E-state index contributed by atoms with van der Waals surface area (Å²) in [6.45, 7) is 0.245. The van der Waals surface area contributed by atoms with Gasteiger partial charge in [-0.3, -0.25) is 19.6 Å². The van der Waals surface area contributed by atoms with E-state index in [2.05, 4.69) is 40.8 Å². The Balaban J connectivity index is 2.01. The fourth-order valence-electron chi connectivity index (χ4n) is 2.25. The molecule has 0 aromatic carbocycles. The Morgan fingerprint density at radius 3 is 3.10 bits per heavy atom. The normalized spacial score (nSPS) is 18.8. The number of amides is 1. The van der Waals surface area contributed by atoms with Crippen molar-refractivity contribution in [1.82, 2.24) is 20.2 Å². The number of ether oxygens (including phenoxy) is 1. The van der Waals surface area contributed by atoms with Crippen molar-refractivity contribution >= 4 is 44.7 Å². The summed E-state index contributed by atoms with van der Waals surface area (Å²) in [5.41, 5.74) is 0.455. The second-order valence-corrected chi connectivity index (χ2v) is 5.16. The molecule has 2 aromatic heterocycles. The van der Waals surface area contributed by atoms with E-state index in [9.17, 15) is 9.59 Å². The quantitative estimate of drug-likeness (QED) is 0.805. The molecule has 1 amide bonds. The zero-order chi connectivity index (χ0) is 14.3. The third-order valence-electron chi connectivity index (χ3n) is 3.20. The molecule has 0 aliphatic carbocycles. The summed E-state index contributed by atoms with van der Waals surface area (Å²) in [6, 6.07) is 0. The lowest BCUT2D eigenvalue weighted by Crippen LogP contribution is -2.27. The van der Waals surface area contributed by atoms with Crippen molar-refractivity contribution < 1.29 is 14.3 Å². The van der Waals surface area contributed by atoms with E-state index in [1.54, 1.807) is 0 Å². The molecule has 1 unspecified atom stereocenters. The van der Waals surface area contributed by atoms with Crippen molar-refractivity contribution in [2.45, 2.75) is 6.42 Å². The van der Waals surface area contributed by atoms with Crippen LogP contribution < -0.4 is 4.90 Å². The standard InChI is InChI=1S/C11H10BrN5O3/c1-20-11(19)5-2-6(18)17(3-5)10-7-8(12)15-16-9(7)13-4-14-10/h4-5H,2-3H2,1H3,(H,13,14,15,16). The molecule has 1 N–H and O–H groups in total. The van der Waals surface area contributed by atoms with Crippen molar-refractivity contribution in [2.75, 3.05) is 18.6 Å². The Morgan fingerprint density at radius 1 is 1.55 bits per heavy atom. The fraction of sp³-hybridized carbons (Fsp3) is 0.364. The lowest BCUT2D eigenvalue weighted by molar-refractivity contribution is -0.145. The van der Waals surface area contributed by atoms with Gasteiger partial charge in [0.2, 0.25) is 5.91 Å². The monoisotopic (exact) mass is 339 g/mol. The van der Waals surface area contributed by atoms with Crippen molar-refractivity contribution in [3.8, 4) is 0 Å². The third-order valence-corrected chi connectivity index (χ3v) is 3.78. The van der Waals surface area contributed by atoms with Gasteiger partial charge in [0.15, 0.2) is 11.5 Å². The number of hydrogen-bond donors (Lipinski definition) is 1. The van der Waals surface area contributed by atoms with Crippen LogP contribution in [0.4, 0.5) is 5.82 Å². The molecule has 0 bridgehead atoms. The lowest BCUT2D eigenvalue weighted by atomic mass is 10.1. The van der Waals surface area contributed by atoms with Crippen LogP contribution in [-0.2, 0) is 14.3 Å². The Morgan fingerprint density at radius 2 is 2.35 bits per heavy atom. The Labute approximate surface area is 121 Å². The number of nitrogens with one attached hydrogen (secondary N) is 1. The molecule has 0 radical (unpaired) electrons. The van der Waals surface area contributed by atoms with Crippen LogP contribution in [0.2, 0.25) is 0 Å². The number of halogens is 1. The van der Waals surface area contributed by atoms with E-state index in [-0.39, 0.29) is 18.9 Å². The van der Waals surface area contributed by atoms with Crippen LogP contribution in [-0.4, -0.2) is 45.7 Å². The van der Waals surface area contributed by atoms with E-state index in [1.165, 1.54) is 18.3 Å². The first-order chi connectivity index (χ1) is 9.61. The van der Waals surface area contributed by atoms with Crippen LogP contribution in [0.3, 0.4) is 0 Å². The highest BCUT2D eigenvalue weighted by Crippen LogP contribution is 2.32. The summed E-state index contributed by atoms with van der Waals surface area (Å²) in [5, 5.41) is 7.35. The highest BCUT2D eigenvalue weighted by atomic mass is 79.9. The smallest absolute Gasteiger partial charge is 0.311 e. The van der Waals surface area contributed by atoms with Gasteiger partial charge in [0.25, 0.3) is 0 Å². The maximum atomic E-state index is 12.1. The number of aromatic nitrogens is 4. The van der Waals surface area contributed by atoms with Crippen LogP contribution >= 0.6 is 15.9 Å². The molecular formula is C11H10BrN5O3. The van der Waals surface area contributed by atoms with E-state index in [0.29, 0.717) is 21.5 Å². The lowest BCUT2D eigenvalue weighted by Gasteiger charge is -2.15. The van der Waals surface area contributed by atoms with E-state index in [4.69, 9.17) is 0 Å². The Kier molecular flexibility index (Phi) is 3.13. The molecule has 9 heteroatoms. The number of nitrogens with zero attached hydrogens (tertiary/aromatic N) is 4. The molecule has 1 fully saturated rings. The molecule has 3 rings (SSSR count). The molecule has 8 nitrogen and oxygen atoms in total. The molecule has 1 saturated heterocycles. The zero-order valence-electron chi connectivity index (χ0n) is 10.5. The SMILES string of the molecule is COC(=O)C1CC(=O)N(c2ncnc3n[nH]c(Br)c23)C1. The molecular weight excluding hydrogens is 330 g/mol. The van der Waals surface area contributed by atoms with Gasteiger partial charge in [-0.2, -0.15) is 5.10 Å². The molecule has 3 heterocycles. The molecule has 0 saturated carbocycles. The number of esters is 1. The van der Waals surface area contributed by atoms with Crippen LogP contribution in [0.1, 0.15) is 6.42 Å². The number of carbonyl (C=O) groups is 2. The molecule has 0 spiro atoms. The van der Waals surface area contributed by atoms with Crippen LogP contribution in [0.5, 0.6) is 0 Å². The predicted octanol–water partition coefficient (Wildman–Crippen LogP) is 0.641. The minimum atomic E-state index is -0.469. The highest BCUT2D eigenvalue weighted by molar-refractivity contribution is 9.10. The number of anilines is 1. The highest BCUT2D eigenvalue weighted by Gasteiger charge is 2.37. The molecule has 1 atom stereocenters. The van der Waals surface area contributed by atoms with Gasteiger partial charge >= 0.3 is 5.97 Å². The number of carbonyl (C=O) groups excluding carboxylic acids is 2. The molecule has 2 aromatic rings. The van der Waals surface area contributed by atoms with Crippen LogP contribution in [0.15, 0.2) is 10.9 Å². The van der Waals surface area contributed by atoms with Crippen molar-refractivity contribution in [3.63, 3.8) is 0 Å². The van der Waals surface area contributed by atoms with Crippen molar-refractivity contribution in [2.24, 2.45) is 5.92 Å². The average molecular weight is 340 g/mol. The number of hydrogen-bond acceptors (Lipinski definition) is 6. The fourth-order valence-corrected chi connectivity index (χ4v) is 2.69. The summed E-state index contributed by atoms with van der Waals surface area (Å²) in [7, 11) is 1.31. The summed E-state index contributed by atoms with van der Waals surface area (Å²) < 4.78 is 5.28. The van der Waals surface area contributed by atoms with Crippen molar-refractivity contribution in [1.29, 1.82) is 0 Å². The number of H-pyrrole nitrogens is 1. The number of methoxy groups -OCH3 is 1. The molecule has 1 aliphatic heterocycles. The molecule has 20 heavy (non-hydrogen) atoms. The first-order valence-electron chi connectivity index (χ1n) is 5.84. The summed E-state index contributed by atoms with van der Waals surface area (Å²) in [5.74, 6) is -0.596. The summed E-state index contributed by atoms with van der Waals surface area (Å²) in [4.78, 5) is 33.3. The van der Waals surface area contributed by atoms with Gasteiger partial charge < -0.3 is 4.74 Å². The van der Waals surface area contributed by atoms with Crippen LogP contribution in [0.25, 0.3) is 11.0 Å².